The van der Waals surface area contributed by atoms with Gasteiger partial charge in [-0.2, -0.15) is 0 Å². The summed E-state index contributed by atoms with van der Waals surface area (Å²) in [5.74, 6) is 0.223. The van der Waals surface area contributed by atoms with Gasteiger partial charge in [-0.25, -0.2) is 0 Å². The summed E-state index contributed by atoms with van der Waals surface area (Å²) < 4.78 is 0. The molecular formula is C24H31N3O. The standard InChI is InChI=1S/C24H31N3O/c1-3-13-27-21-9-10-22(27)24(15-21,14-19-7-5-4-6-8-19)23(28)26-17-20-11-12-25-16-18(20)2/h4-8,11-12,16,21-22H,3,9-10,13-15,17H2,1-2H3,(H,26,28)/t21-,22+,24+/m0/s1. The Labute approximate surface area is 168 Å². The molecule has 3 heterocycles. The third-order valence-electron chi connectivity index (χ3n) is 6.75. The Morgan fingerprint density at radius 2 is 2.07 bits per heavy atom. The molecule has 1 aromatic carbocycles. The van der Waals surface area contributed by atoms with Crippen molar-refractivity contribution < 1.29 is 4.79 Å². The molecule has 0 radical (unpaired) electrons. The van der Waals surface area contributed by atoms with Crippen molar-refractivity contribution >= 4 is 5.91 Å². The molecule has 0 spiro atoms. The van der Waals surface area contributed by atoms with Crippen LogP contribution in [0.2, 0.25) is 0 Å². The van der Waals surface area contributed by atoms with Gasteiger partial charge in [0.15, 0.2) is 0 Å². The van der Waals surface area contributed by atoms with E-state index in [0.29, 0.717) is 18.6 Å². The van der Waals surface area contributed by atoms with Crippen LogP contribution in [0.15, 0.2) is 48.8 Å². The highest BCUT2D eigenvalue weighted by atomic mass is 16.2. The van der Waals surface area contributed by atoms with E-state index in [1.54, 1.807) is 6.20 Å². The van der Waals surface area contributed by atoms with Crippen LogP contribution >= 0.6 is 0 Å². The van der Waals surface area contributed by atoms with Gasteiger partial charge in [0.2, 0.25) is 5.91 Å². The fourth-order valence-electron chi connectivity index (χ4n) is 5.43. The van der Waals surface area contributed by atoms with Gasteiger partial charge in [-0.15, -0.1) is 0 Å². The summed E-state index contributed by atoms with van der Waals surface area (Å²) in [5.41, 5.74) is 3.22. The first-order valence-corrected chi connectivity index (χ1v) is 10.6. The first-order chi connectivity index (χ1) is 13.6. The van der Waals surface area contributed by atoms with Crippen molar-refractivity contribution in [1.29, 1.82) is 0 Å². The summed E-state index contributed by atoms with van der Waals surface area (Å²) in [5, 5.41) is 3.30. The van der Waals surface area contributed by atoms with Crippen LogP contribution in [0.3, 0.4) is 0 Å². The van der Waals surface area contributed by atoms with E-state index in [9.17, 15) is 4.79 Å². The number of carbonyl (C=O) groups is 1. The van der Waals surface area contributed by atoms with E-state index < -0.39 is 0 Å². The van der Waals surface area contributed by atoms with Crippen molar-refractivity contribution in [2.24, 2.45) is 5.41 Å². The highest BCUT2D eigenvalue weighted by molar-refractivity contribution is 5.84. The fraction of sp³-hybridized carbons (Fsp3) is 0.500. The number of rotatable bonds is 7. The minimum Gasteiger partial charge on any atom is -0.351 e. The van der Waals surface area contributed by atoms with Crippen LogP contribution in [0.25, 0.3) is 0 Å². The summed E-state index contributed by atoms with van der Waals surface area (Å²) in [6, 6.07) is 13.5. The van der Waals surface area contributed by atoms with Crippen LogP contribution < -0.4 is 5.32 Å². The van der Waals surface area contributed by atoms with Gasteiger partial charge in [-0.05, 0) is 68.3 Å². The number of benzene rings is 1. The van der Waals surface area contributed by atoms with Crippen LogP contribution in [0.5, 0.6) is 0 Å². The highest BCUT2D eigenvalue weighted by Gasteiger charge is 2.59. The van der Waals surface area contributed by atoms with Gasteiger partial charge in [0.25, 0.3) is 0 Å². The normalized spacial score (nSPS) is 26.5. The Balaban J connectivity index is 1.58. The van der Waals surface area contributed by atoms with Crippen molar-refractivity contribution in [3.05, 3.63) is 65.5 Å². The van der Waals surface area contributed by atoms with Gasteiger partial charge in [0.05, 0.1) is 5.41 Å². The van der Waals surface area contributed by atoms with Crippen molar-refractivity contribution in [2.45, 2.75) is 64.6 Å². The zero-order valence-electron chi connectivity index (χ0n) is 17.0. The lowest BCUT2D eigenvalue weighted by molar-refractivity contribution is -0.133. The largest absolute Gasteiger partial charge is 0.351 e. The Bertz CT molecular complexity index is 822. The van der Waals surface area contributed by atoms with Gasteiger partial charge >= 0.3 is 0 Å². The van der Waals surface area contributed by atoms with Gasteiger partial charge in [0.1, 0.15) is 0 Å². The van der Waals surface area contributed by atoms with Crippen LogP contribution in [-0.4, -0.2) is 34.4 Å². The maximum Gasteiger partial charge on any atom is 0.228 e. The van der Waals surface area contributed by atoms with Crippen LogP contribution in [-0.2, 0) is 17.8 Å². The number of aryl methyl sites for hydroxylation is 1. The van der Waals surface area contributed by atoms with Gasteiger partial charge in [-0.3, -0.25) is 14.7 Å². The summed E-state index contributed by atoms with van der Waals surface area (Å²) in [7, 11) is 0. The molecule has 1 N–H and O–H groups in total. The van der Waals surface area contributed by atoms with Crippen LogP contribution in [0.4, 0.5) is 0 Å². The molecule has 1 amide bonds. The maximum atomic E-state index is 13.6. The number of hydrogen-bond acceptors (Lipinski definition) is 3. The van der Waals surface area contributed by atoms with Crippen molar-refractivity contribution in [2.75, 3.05) is 6.54 Å². The number of pyridine rings is 1. The summed E-state index contributed by atoms with van der Waals surface area (Å²) in [6.07, 6.45) is 8.99. The average molecular weight is 378 g/mol. The lowest BCUT2D eigenvalue weighted by atomic mass is 9.69. The summed E-state index contributed by atoms with van der Waals surface area (Å²) >= 11 is 0. The maximum absolute atomic E-state index is 13.6. The summed E-state index contributed by atoms with van der Waals surface area (Å²) in [4.78, 5) is 20.4. The van der Waals surface area contributed by atoms with E-state index >= 15 is 0 Å². The topological polar surface area (TPSA) is 45.2 Å². The van der Waals surface area contributed by atoms with Crippen molar-refractivity contribution in [3.8, 4) is 0 Å². The average Bonchev–Trinajstić information content (AvgIpc) is 3.23. The summed E-state index contributed by atoms with van der Waals surface area (Å²) in [6.45, 7) is 5.97. The van der Waals surface area contributed by atoms with E-state index in [0.717, 1.165) is 43.4 Å². The van der Waals surface area contributed by atoms with E-state index in [-0.39, 0.29) is 11.3 Å². The first kappa shape index (κ1) is 19.1. The Morgan fingerprint density at radius 3 is 2.82 bits per heavy atom. The third-order valence-corrected chi connectivity index (χ3v) is 6.75. The lowest BCUT2D eigenvalue weighted by Crippen LogP contribution is -2.50. The first-order valence-electron chi connectivity index (χ1n) is 10.6. The molecule has 0 aliphatic carbocycles. The number of amides is 1. The fourth-order valence-corrected chi connectivity index (χ4v) is 5.43. The molecule has 4 nitrogen and oxygen atoms in total. The number of hydrogen-bond donors (Lipinski definition) is 1. The molecule has 2 fully saturated rings. The number of carbonyl (C=O) groups excluding carboxylic acids is 1. The Hall–Kier alpha value is -2.20. The van der Waals surface area contributed by atoms with E-state index in [1.807, 2.05) is 18.3 Å². The number of nitrogens with zero attached hydrogens (tertiary/aromatic N) is 2. The van der Waals surface area contributed by atoms with Gasteiger partial charge in [-0.1, -0.05) is 37.3 Å². The Morgan fingerprint density at radius 1 is 1.25 bits per heavy atom. The molecule has 28 heavy (non-hydrogen) atoms. The zero-order chi connectivity index (χ0) is 19.6. The molecule has 4 heteroatoms. The highest BCUT2D eigenvalue weighted by Crippen LogP contribution is 2.51. The molecular weight excluding hydrogens is 346 g/mol. The molecule has 2 aliphatic heterocycles. The molecule has 1 aromatic heterocycles. The third kappa shape index (κ3) is 3.46. The monoisotopic (exact) mass is 377 g/mol. The molecule has 0 saturated carbocycles. The minimum absolute atomic E-state index is 0.223. The smallest absolute Gasteiger partial charge is 0.228 e. The van der Waals surface area contributed by atoms with E-state index in [2.05, 4.69) is 53.3 Å². The van der Waals surface area contributed by atoms with Crippen molar-refractivity contribution in [1.82, 2.24) is 15.2 Å². The second kappa shape index (κ2) is 8.04. The van der Waals surface area contributed by atoms with Crippen LogP contribution in [0.1, 0.15) is 49.3 Å². The van der Waals surface area contributed by atoms with Crippen LogP contribution in [0, 0.1) is 12.3 Å². The van der Waals surface area contributed by atoms with E-state index in [4.69, 9.17) is 0 Å². The van der Waals surface area contributed by atoms with E-state index in [1.165, 1.54) is 12.0 Å². The second-order valence-corrected chi connectivity index (χ2v) is 8.49. The lowest BCUT2D eigenvalue weighted by Gasteiger charge is -2.36. The minimum atomic E-state index is -0.319. The second-order valence-electron chi connectivity index (χ2n) is 8.49. The molecule has 148 valence electrons. The number of nitrogens with one attached hydrogen (secondary N) is 1. The quantitative estimate of drug-likeness (QED) is 0.796. The Kier molecular flexibility index (Phi) is 5.49. The van der Waals surface area contributed by atoms with Gasteiger partial charge in [0, 0.05) is 31.0 Å². The predicted molar refractivity (Wildman–Crippen MR) is 112 cm³/mol. The molecule has 2 aromatic rings. The predicted octanol–water partition coefficient (Wildman–Crippen LogP) is 3.88. The molecule has 2 saturated heterocycles. The molecule has 2 bridgehead atoms. The zero-order valence-corrected chi connectivity index (χ0v) is 17.0. The van der Waals surface area contributed by atoms with Gasteiger partial charge < -0.3 is 5.32 Å². The molecule has 4 rings (SSSR count). The number of fused-ring (bicyclic) bond motifs is 2. The SMILES string of the molecule is CCCN1[C@H]2CC[C@@H]1[C@](Cc1ccccc1)(C(=O)NCc1ccncc1C)C2. The number of aromatic nitrogens is 1. The molecule has 3 atom stereocenters. The molecule has 0 unspecified atom stereocenters. The van der Waals surface area contributed by atoms with Crippen molar-refractivity contribution in [3.63, 3.8) is 0 Å². The molecule has 2 aliphatic rings.